The molecule has 0 aromatic heterocycles. The van der Waals surface area contributed by atoms with Crippen molar-refractivity contribution in [1.82, 2.24) is 9.80 Å². The molecule has 0 amide bonds. The highest BCUT2D eigenvalue weighted by atomic mass is 15.2. The van der Waals surface area contributed by atoms with Crippen LogP contribution in [0.5, 0.6) is 0 Å². The number of likely N-dealkylation sites (N-methyl/N-ethyl adjacent to an activating group) is 1. The molecule has 30 heavy (non-hydrogen) atoms. The van der Waals surface area contributed by atoms with E-state index in [1.807, 2.05) is 0 Å². The molecule has 1 fully saturated rings. The summed E-state index contributed by atoms with van der Waals surface area (Å²) in [6.45, 7) is 4.31. The van der Waals surface area contributed by atoms with E-state index in [2.05, 4.69) is 102 Å². The first-order valence-corrected chi connectivity index (χ1v) is 11.1. The molecule has 0 bridgehead atoms. The Morgan fingerprint density at radius 2 is 1.57 bits per heavy atom. The van der Waals surface area contributed by atoms with Crippen molar-refractivity contribution in [3.05, 3.63) is 96.1 Å². The average Bonchev–Trinajstić information content (AvgIpc) is 3.18. The number of hydrogen-bond acceptors (Lipinski definition) is 2. The number of nitrogens with zero attached hydrogens (tertiary/aromatic N) is 2. The molecule has 0 spiro atoms. The van der Waals surface area contributed by atoms with Gasteiger partial charge in [0.1, 0.15) is 0 Å². The SMILES string of the molecule is CN1CCCC1CN(Cc1ccc2ccccc2c1)Cc1cccc2ccccc12. The van der Waals surface area contributed by atoms with Gasteiger partial charge >= 0.3 is 0 Å². The van der Waals surface area contributed by atoms with Gasteiger partial charge in [0.05, 0.1) is 0 Å². The van der Waals surface area contributed by atoms with Gasteiger partial charge in [0.25, 0.3) is 0 Å². The lowest BCUT2D eigenvalue weighted by Crippen LogP contribution is -2.38. The van der Waals surface area contributed by atoms with Crippen molar-refractivity contribution in [2.75, 3.05) is 20.1 Å². The Labute approximate surface area is 179 Å². The molecule has 0 saturated carbocycles. The molecule has 1 heterocycles. The molecule has 0 radical (unpaired) electrons. The van der Waals surface area contributed by atoms with Gasteiger partial charge in [-0.15, -0.1) is 0 Å². The van der Waals surface area contributed by atoms with E-state index in [0.29, 0.717) is 6.04 Å². The van der Waals surface area contributed by atoms with Crippen LogP contribution in [0.2, 0.25) is 0 Å². The first-order valence-electron chi connectivity index (χ1n) is 11.1. The van der Waals surface area contributed by atoms with E-state index in [-0.39, 0.29) is 0 Å². The minimum absolute atomic E-state index is 0.653. The van der Waals surface area contributed by atoms with E-state index in [9.17, 15) is 0 Å². The smallest absolute Gasteiger partial charge is 0.0244 e. The van der Waals surface area contributed by atoms with Crippen LogP contribution in [0.15, 0.2) is 84.9 Å². The second kappa shape index (κ2) is 8.59. The van der Waals surface area contributed by atoms with Gasteiger partial charge in [-0.25, -0.2) is 0 Å². The Balaban J connectivity index is 1.44. The Kier molecular flexibility index (Phi) is 5.52. The molecule has 1 aliphatic rings. The van der Waals surface area contributed by atoms with Gasteiger partial charge in [-0.2, -0.15) is 0 Å². The summed E-state index contributed by atoms with van der Waals surface area (Å²) >= 11 is 0. The first-order chi connectivity index (χ1) is 14.8. The van der Waals surface area contributed by atoms with Crippen LogP contribution in [0.3, 0.4) is 0 Å². The molecule has 4 aromatic carbocycles. The van der Waals surface area contributed by atoms with Crippen LogP contribution in [0, 0.1) is 0 Å². The second-order valence-corrected chi connectivity index (χ2v) is 8.77. The summed E-state index contributed by atoms with van der Waals surface area (Å²) in [6, 6.07) is 31.7. The topological polar surface area (TPSA) is 6.48 Å². The van der Waals surface area contributed by atoms with E-state index in [4.69, 9.17) is 0 Å². The second-order valence-electron chi connectivity index (χ2n) is 8.77. The van der Waals surface area contributed by atoms with Crippen molar-refractivity contribution >= 4 is 21.5 Å². The fourth-order valence-electron chi connectivity index (χ4n) is 4.96. The zero-order chi connectivity index (χ0) is 20.3. The van der Waals surface area contributed by atoms with Crippen molar-refractivity contribution < 1.29 is 0 Å². The van der Waals surface area contributed by atoms with Gasteiger partial charge in [0, 0.05) is 25.7 Å². The number of hydrogen-bond donors (Lipinski definition) is 0. The fraction of sp³-hybridized carbons (Fsp3) is 0.286. The van der Waals surface area contributed by atoms with E-state index >= 15 is 0 Å². The van der Waals surface area contributed by atoms with E-state index < -0.39 is 0 Å². The molecule has 5 rings (SSSR count). The van der Waals surface area contributed by atoms with Crippen LogP contribution >= 0.6 is 0 Å². The predicted octanol–water partition coefficient (Wildman–Crippen LogP) is 6.09. The quantitative estimate of drug-likeness (QED) is 0.390. The van der Waals surface area contributed by atoms with Gasteiger partial charge < -0.3 is 4.90 Å². The maximum absolute atomic E-state index is 2.65. The summed E-state index contributed by atoms with van der Waals surface area (Å²) in [5, 5.41) is 5.36. The molecule has 1 unspecified atom stereocenters. The summed E-state index contributed by atoms with van der Waals surface area (Å²) < 4.78 is 0. The molecular formula is C28H30N2. The summed E-state index contributed by atoms with van der Waals surface area (Å²) in [5.41, 5.74) is 2.82. The van der Waals surface area contributed by atoms with Crippen LogP contribution in [-0.4, -0.2) is 36.0 Å². The van der Waals surface area contributed by atoms with Gasteiger partial charge in [-0.3, -0.25) is 4.90 Å². The van der Waals surface area contributed by atoms with Crippen LogP contribution in [0.1, 0.15) is 24.0 Å². The van der Waals surface area contributed by atoms with Gasteiger partial charge in [-0.05, 0) is 65.2 Å². The van der Waals surface area contributed by atoms with Crippen LogP contribution in [0.4, 0.5) is 0 Å². The Bertz CT molecular complexity index is 1140. The largest absolute Gasteiger partial charge is 0.302 e. The normalized spacial score (nSPS) is 17.3. The van der Waals surface area contributed by atoms with Crippen molar-refractivity contribution in [2.24, 2.45) is 0 Å². The monoisotopic (exact) mass is 394 g/mol. The molecule has 152 valence electrons. The highest BCUT2D eigenvalue weighted by Crippen LogP contribution is 2.24. The summed E-state index contributed by atoms with van der Waals surface area (Å²) in [7, 11) is 2.28. The van der Waals surface area contributed by atoms with Gasteiger partial charge in [-0.1, -0.05) is 78.9 Å². The lowest BCUT2D eigenvalue weighted by molar-refractivity contribution is 0.181. The molecule has 1 aliphatic heterocycles. The summed E-state index contributed by atoms with van der Waals surface area (Å²) in [5.74, 6) is 0. The predicted molar refractivity (Wildman–Crippen MR) is 128 cm³/mol. The number of fused-ring (bicyclic) bond motifs is 2. The van der Waals surface area contributed by atoms with Crippen LogP contribution in [-0.2, 0) is 13.1 Å². The number of rotatable bonds is 6. The van der Waals surface area contributed by atoms with Crippen LogP contribution < -0.4 is 0 Å². The van der Waals surface area contributed by atoms with E-state index in [0.717, 1.165) is 19.6 Å². The molecule has 0 N–H and O–H groups in total. The average molecular weight is 395 g/mol. The van der Waals surface area contributed by atoms with Crippen molar-refractivity contribution in [3.63, 3.8) is 0 Å². The minimum atomic E-state index is 0.653. The van der Waals surface area contributed by atoms with E-state index in [1.165, 1.54) is 52.1 Å². The van der Waals surface area contributed by atoms with Crippen molar-refractivity contribution in [1.29, 1.82) is 0 Å². The van der Waals surface area contributed by atoms with Crippen molar-refractivity contribution in [2.45, 2.75) is 32.0 Å². The lowest BCUT2D eigenvalue weighted by atomic mass is 10.0. The van der Waals surface area contributed by atoms with Crippen LogP contribution in [0.25, 0.3) is 21.5 Å². The Morgan fingerprint density at radius 3 is 2.40 bits per heavy atom. The standard InChI is InChI=1S/C28H30N2/c1-29-17-7-13-27(29)21-30(19-22-15-16-23-8-2-3-10-25(23)18-22)20-26-12-6-11-24-9-4-5-14-28(24)26/h2-6,8-12,14-16,18,27H,7,13,17,19-21H2,1H3. The fourth-order valence-corrected chi connectivity index (χ4v) is 4.96. The molecule has 4 aromatic rings. The highest BCUT2D eigenvalue weighted by molar-refractivity contribution is 5.85. The maximum atomic E-state index is 2.65. The highest BCUT2D eigenvalue weighted by Gasteiger charge is 2.23. The minimum Gasteiger partial charge on any atom is -0.302 e. The van der Waals surface area contributed by atoms with Crippen molar-refractivity contribution in [3.8, 4) is 0 Å². The molecule has 2 heteroatoms. The van der Waals surface area contributed by atoms with Gasteiger partial charge in [0.2, 0.25) is 0 Å². The third-order valence-electron chi connectivity index (χ3n) is 6.63. The molecule has 1 atom stereocenters. The molecule has 2 nitrogen and oxygen atoms in total. The third-order valence-corrected chi connectivity index (χ3v) is 6.63. The summed E-state index contributed by atoms with van der Waals surface area (Å²) in [4.78, 5) is 5.19. The lowest BCUT2D eigenvalue weighted by Gasteiger charge is -2.29. The van der Waals surface area contributed by atoms with Gasteiger partial charge in [0.15, 0.2) is 0 Å². The zero-order valence-corrected chi connectivity index (χ0v) is 17.8. The Hall–Kier alpha value is -2.68. The zero-order valence-electron chi connectivity index (χ0n) is 17.8. The summed E-state index contributed by atoms with van der Waals surface area (Å²) in [6.07, 6.45) is 2.62. The Morgan fingerprint density at radius 1 is 0.800 bits per heavy atom. The molecule has 0 aliphatic carbocycles. The molecule has 1 saturated heterocycles. The first kappa shape index (κ1) is 19.3. The number of likely N-dealkylation sites (tertiary alicyclic amines) is 1. The number of benzene rings is 4. The maximum Gasteiger partial charge on any atom is 0.0244 e. The molecular weight excluding hydrogens is 364 g/mol. The third kappa shape index (κ3) is 4.12. The van der Waals surface area contributed by atoms with E-state index in [1.54, 1.807) is 0 Å².